The van der Waals surface area contributed by atoms with Gasteiger partial charge in [0.2, 0.25) is 5.75 Å². The number of benzene rings is 2. The predicted octanol–water partition coefficient (Wildman–Crippen LogP) is 4.10. The number of hydrogen-bond donors (Lipinski definition) is 2. The number of carbonyl (C=O) groups is 2. The Kier molecular flexibility index (Phi) is 7.60. The van der Waals surface area contributed by atoms with E-state index in [1.807, 2.05) is 0 Å². The van der Waals surface area contributed by atoms with E-state index >= 15 is 0 Å². The molecule has 2 aromatic rings. The van der Waals surface area contributed by atoms with Crippen molar-refractivity contribution in [2.75, 3.05) is 45.3 Å². The molecule has 0 radical (unpaired) electrons. The lowest BCUT2D eigenvalue weighted by molar-refractivity contribution is 0.0575. The first-order valence-corrected chi connectivity index (χ1v) is 13.0. The summed E-state index contributed by atoms with van der Waals surface area (Å²) >= 11 is 0. The fourth-order valence-electron chi connectivity index (χ4n) is 5.57. The van der Waals surface area contributed by atoms with Crippen molar-refractivity contribution in [1.82, 2.24) is 10.2 Å². The van der Waals surface area contributed by atoms with Gasteiger partial charge in [-0.2, -0.15) is 0 Å². The average Bonchev–Trinajstić information content (AvgIpc) is 3.17. The summed E-state index contributed by atoms with van der Waals surface area (Å²) in [5, 5.41) is 6.03. The lowest BCUT2D eigenvalue weighted by Crippen LogP contribution is -2.51. The van der Waals surface area contributed by atoms with Crippen LogP contribution in [-0.2, 0) is 0 Å². The smallest absolute Gasteiger partial charge is 0.255 e. The van der Waals surface area contributed by atoms with Crippen LogP contribution in [0, 0.1) is 5.92 Å². The van der Waals surface area contributed by atoms with E-state index in [0.29, 0.717) is 65.8 Å². The quantitative estimate of drug-likeness (QED) is 0.630. The van der Waals surface area contributed by atoms with Gasteiger partial charge in [-0.3, -0.25) is 9.59 Å². The Bertz CT molecular complexity index is 1090. The molecule has 0 unspecified atom stereocenters. The van der Waals surface area contributed by atoms with E-state index in [9.17, 15) is 9.59 Å². The Hall–Kier alpha value is -3.26. The number of ether oxygens (including phenoxy) is 3. The van der Waals surface area contributed by atoms with Crippen molar-refractivity contribution in [2.24, 2.45) is 5.92 Å². The Morgan fingerprint density at radius 3 is 2.58 bits per heavy atom. The average molecular weight is 494 g/mol. The number of nitrogens with zero attached hydrogens (tertiary/aromatic N) is 1. The Morgan fingerprint density at radius 1 is 0.944 bits per heavy atom. The number of anilines is 1. The predicted molar refractivity (Wildman–Crippen MR) is 137 cm³/mol. The second-order valence-electron chi connectivity index (χ2n) is 9.80. The maximum absolute atomic E-state index is 12.9. The van der Waals surface area contributed by atoms with Crippen molar-refractivity contribution in [2.45, 2.75) is 44.6 Å². The molecule has 0 aliphatic carbocycles. The minimum atomic E-state index is -0.296. The van der Waals surface area contributed by atoms with Crippen molar-refractivity contribution in [3.05, 3.63) is 47.5 Å². The number of nitrogens with one attached hydrogen (secondary N) is 2. The third-order valence-electron chi connectivity index (χ3n) is 7.45. The van der Waals surface area contributed by atoms with E-state index in [0.717, 1.165) is 6.42 Å². The van der Waals surface area contributed by atoms with Crippen molar-refractivity contribution in [3.8, 4) is 17.2 Å². The summed E-state index contributed by atoms with van der Waals surface area (Å²) in [6, 6.07) is 10.9. The van der Waals surface area contributed by atoms with E-state index in [4.69, 9.17) is 14.2 Å². The van der Waals surface area contributed by atoms with Crippen LogP contribution in [0.5, 0.6) is 17.2 Å². The highest BCUT2D eigenvalue weighted by atomic mass is 16.5. The van der Waals surface area contributed by atoms with Gasteiger partial charge < -0.3 is 29.7 Å². The summed E-state index contributed by atoms with van der Waals surface area (Å²) in [6.07, 6.45) is 6.97. The zero-order valence-corrected chi connectivity index (χ0v) is 20.9. The molecule has 2 N–H and O–H groups in total. The minimum Gasteiger partial charge on any atom is -0.493 e. The zero-order valence-electron chi connectivity index (χ0n) is 20.9. The number of carbonyl (C=O) groups excluding carboxylic acids is 2. The van der Waals surface area contributed by atoms with Gasteiger partial charge in [0.15, 0.2) is 11.5 Å². The SMILES string of the molecule is COc1cc(C(=O)Nc2ccc(C(=O)NC[C@H]3CCCN4CCCC[C@H]34)cc2)cc2c1OCCCO2. The molecule has 0 spiro atoms. The number of methoxy groups -OCH3 is 1. The van der Waals surface area contributed by atoms with Crippen LogP contribution < -0.4 is 24.8 Å². The van der Waals surface area contributed by atoms with E-state index in [1.54, 1.807) is 36.4 Å². The first-order chi connectivity index (χ1) is 17.6. The molecule has 192 valence electrons. The highest BCUT2D eigenvalue weighted by Crippen LogP contribution is 2.40. The lowest BCUT2D eigenvalue weighted by atomic mass is 9.83. The van der Waals surface area contributed by atoms with Gasteiger partial charge in [0.25, 0.3) is 11.8 Å². The molecule has 2 aromatic carbocycles. The number of hydrogen-bond acceptors (Lipinski definition) is 6. The van der Waals surface area contributed by atoms with Gasteiger partial charge in [-0.05, 0) is 81.1 Å². The van der Waals surface area contributed by atoms with Crippen molar-refractivity contribution in [3.63, 3.8) is 0 Å². The molecule has 2 fully saturated rings. The molecule has 2 amide bonds. The van der Waals surface area contributed by atoms with E-state index in [1.165, 1.54) is 52.3 Å². The molecule has 2 atom stereocenters. The maximum atomic E-state index is 12.9. The zero-order chi connectivity index (χ0) is 24.9. The first kappa shape index (κ1) is 24.4. The molecule has 3 aliphatic heterocycles. The van der Waals surface area contributed by atoms with Crippen LogP contribution >= 0.6 is 0 Å². The second-order valence-corrected chi connectivity index (χ2v) is 9.80. The van der Waals surface area contributed by atoms with Crippen LogP contribution in [0.15, 0.2) is 36.4 Å². The molecule has 5 rings (SSSR count). The van der Waals surface area contributed by atoms with Gasteiger partial charge >= 0.3 is 0 Å². The summed E-state index contributed by atoms with van der Waals surface area (Å²) in [4.78, 5) is 28.3. The molecule has 0 saturated carbocycles. The van der Waals surface area contributed by atoms with Crippen molar-refractivity contribution < 1.29 is 23.8 Å². The van der Waals surface area contributed by atoms with Crippen molar-refractivity contribution >= 4 is 17.5 Å². The minimum absolute atomic E-state index is 0.0755. The fraction of sp³-hybridized carbons (Fsp3) is 0.500. The standard InChI is InChI=1S/C28H35N3O5/c1-34-24-16-21(17-25-26(24)36-15-5-14-35-25)28(33)30-22-10-8-19(9-11-22)27(32)29-18-20-6-4-13-31-12-3-2-7-23(20)31/h8-11,16-17,20,23H,2-7,12-15,18H2,1H3,(H,29,32)(H,30,33)/t20-,23-/m1/s1. The Morgan fingerprint density at radius 2 is 1.75 bits per heavy atom. The molecule has 3 aliphatic rings. The summed E-state index contributed by atoms with van der Waals surface area (Å²) in [5.41, 5.74) is 1.59. The molecular formula is C28H35N3O5. The van der Waals surface area contributed by atoms with Gasteiger partial charge in [0, 0.05) is 35.8 Å². The summed E-state index contributed by atoms with van der Waals surface area (Å²) in [5.74, 6) is 1.63. The summed E-state index contributed by atoms with van der Waals surface area (Å²) in [6.45, 7) is 4.16. The van der Waals surface area contributed by atoms with Gasteiger partial charge in [0.1, 0.15) is 0 Å². The van der Waals surface area contributed by atoms with Crippen LogP contribution in [0.25, 0.3) is 0 Å². The largest absolute Gasteiger partial charge is 0.493 e. The Balaban J connectivity index is 1.19. The highest BCUT2D eigenvalue weighted by Gasteiger charge is 2.33. The third kappa shape index (κ3) is 5.43. The van der Waals surface area contributed by atoms with E-state index < -0.39 is 0 Å². The van der Waals surface area contributed by atoms with Crippen molar-refractivity contribution in [1.29, 1.82) is 0 Å². The Labute approximate surface area is 212 Å². The van der Waals surface area contributed by atoms with Gasteiger partial charge in [-0.15, -0.1) is 0 Å². The summed E-state index contributed by atoms with van der Waals surface area (Å²) < 4.78 is 16.9. The van der Waals surface area contributed by atoms with Crippen LogP contribution in [0.1, 0.15) is 59.2 Å². The molecular weight excluding hydrogens is 458 g/mol. The van der Waals surface area contributed by atoms with Gasteiger partial charge in [-0.25, -0.2) is 0 Å². The third-order valence-corrected chi connectivity index (χ3v) is 7.45. The number of rotatable bonds is 6. The first-order valence-electron chi connectivity index (χ1n) is 13.0. The van der Waals surface area contributed by atoms with Crippen LogP contribution in [0.4, 0.5) is 5.69 Å². The molecule has 36 heavy (non-hydrogen) atoms. The van der Waals surface area contributed by atoms with Gasteiger partial charge in [0.05, 0.1) is 20.3 Å². The van der Waals surface area contributed by atoms with E-state index in [2.05, 4.69) is 15.5 Å². The molecule has 0 aromatic heterocycles. The highest BCUT2D eigenvalue weighted by molar-refractivity contribution is 6.05. The lowest BCUT2D eigenvalue weighted by Gasteiger charge is -2.44. The molecule has 0 bridgehead atoms. The molecule has 8 heteroatoms. The van der Waals surface area contributed by atoms with Crippen LogP contribution in [-0.4, -0.2) is 62.7 Å². The van der Waals surface area contributed by atoms with Crippen LogP contribution in [0.2, 0.25) is 0 Å². The molecule has 8 nitrogen and oxygen atoms in total. The fourth-order valence-corrected chi connectivity index (χ4v) is 5.57. The summed E-state index contributed by atoms with van der Waals surface area (Å²) in [7, 11) is 1.54. The second kappa shape index (κ2) is 11.2. The van der Waals surface area contributed by atoms with Gasteiger partial charge in [-0.1, -0.05) is 6.42 Å². The molecule has 2 saturated heterocycles. The monoisotopic (exact) mass is 493 g/mol. The molecule has 3 heterocycles. The van der Waals surface area contributed by atoms with E-state index in [-0.39, 0.29) is 11.8 Å². The number of fused-ring (bicyclic) bond motifs is 2. The normalized spacial score (nSPS) is 21.6. The topological polar surface area (TPSA) is 89.1 Å². The van der Waals surface area contributed by atoms with Crippen LogP contribution in [0.3, 0.4) is 0 Å². The maximum Gasteiger partial charge on any atom is 0.255 e. The number of piperidine rings is 2. The number of amides is 2.